The number of nitrogens with two attached hydrogens (primary N) is 1. The van der Waals surface area contributed by atoms with Crippen LogP contribution in [0.1, 0.15) is 32.1 Å². The van der Waals surface area contributed by atoms with E-state index in [2.05, 4.69) is 5.32 Å². The van der Waals surface area contributed by atoms with Gasteiger partial charge >= 0.3 is 0 Å². The maximum Gasteiger partial charge on any atom is 0.220 e. The monoisotopic (exact) mass is 196 g/mol. The van der Waals surface area contributed by atoms with Crippen LogP contribution in [0.4, 0.5) is 0 Å². The summed E-state index contributed by atoms with van der Waals surface area (Å²) in [4.78, 5) is 11.1. The van der Waals surface area contributed by atoms with E-state index < -0.39 is 0 Å². The van der Waals surface area contributed by atoms with Gasteiger partial charge in [0.05, 0.1) is 0 Å². The van der Waals surface area contributed by atoms with E-state index in [-0.39, 0.29) is 5.91 Å². The van der Waals surface area contributed by atoms with Gasteiger partial charge in [0, 0.05) is 13.0 Å². The zero-order chi connectivity index (χ0) is 9.97. The van der Waals surface area contributed by atoms with E-state index in [1.54, 1.807) is 0 Å². The van der Waals surface area contributed by atoms with Crippen molar-refractivity contribution in [3.63, 3.8) is 0 Å². The molecule has 0 aromatic carbocycles. The van der Waals surface area contributed by atoms with Crippen LogP contribution >= 0.6 is 0 Å². The maximum absolute atomic E-state index is 11.1. The van der Waals surface area contributed by atoms with Crippen molar-refractivity contribution in [1.82, 2.24) is 5.32 Å². The smallest absolute Gasteiger partial charge is 0.220 e. The van der Waals surface area contributed by atoms with Gasteiger partial charge in [0.25, 0.3) is 0 Å². The first-order valence-electron chi connectivity index (χ1n) is 5.78. The van der Waals surface area contributed by atoms with Crippen LogP contribution in [0.15, 0.2) is 0 Å². The van der Waals surface area contributed by atoms with Gasteiger partial charge in [0.2, 0.25) is 5.91 Å². The molecule has 1 saturated heterocycles. The first kappa shape index (κ1) is 9.97. The van der Waals surface area contributed by atoms with Crippen molar-refractivity contribution in [2.24, 2.45) is 23.5 Å². The van der Waals surface area contributed by atoms with Gasteiger partial charge in [-0.25, -0.2) is 0 Å². The van der Waals surface area contributed by atoms with Crippen molar-refractivity contribution < 1.29 is 4.79 Å². The summed E-state index contributed by atoms with van der Waals surface area (Å²) < 4.78 is 0. The lowest BCUT2D eigenvalue weighted by molar-refractivity contribution is -0.119. The van der Waals surface area contributed by atoms with Gasteiger partial charge in [-0.1, -0.05) is 19.3 Å². The maximum atomic E-state index is 11.1. The van der Waals surface area contributed by atoms with Gasteiger partial charge < -0.3 is 11.1 Å². The number of carbonyl (C=O) groups excluding carboxylic acids is 1. The molecule has 1 aliphatic carbocycles. The third-order valence-electron chi connectivity index (χ3n) is 3.87. The molecular formula is C11H20N2O. The molecule has 0 bridgehead atoms. The van der Waals surface area contributed by atoms with Crippen molar-refractivity contribution in [2.75, 3.05) is 13.1 Å². The van der Waals surface area contributed by atoms with Crippen LogP contribution in [0.2, 0.25) is 0 Å². The van der Waals surface area contributed by atoms with Gasteiger partial charge in [-0.05, 0) is 30.7 Å². The lowest BCUT2D eigenvalue weighted by Gasteiger charge is -2.36. The Morgan fingerprint density at radius 1 is 1.43 bits per heavy atom. The lowest BCUT2D eigenvalue weighted by atomic mass is 9.69. The van der Waals surface area contributed by atoms with E-state index in [1.807, 2.05) is 0 Å². The minimum absolute atomic E-state index is 0.233. The summed E-state index contributed by atoms with van der Waals surface area (Å²) in [7, 11) is 0. The molecule has 1 amide bonds. The fraction of sp³-hybridized carbons (Fsp3) is 0.909. The van der Waals surface area contributed by atoms with Crippen LogP contribution in [0.5, 0.6) is 0 Å². The van der Waals surface area contributed by atoms with Crippen molar-refractivity contribution in [3.8, 4) is 0 Å². The molecule has 0 aromatic heterocycles. The molecule has 2 unspecified atom stereocenters. The number of carbonyl (C=O) groups is 1. The second-order valence-electron chi connectivity index (χ2n) is 4.70. The summed E-state index contributed by atoms with van der Waals surface area (Å²) in [5, 5.41) is 2.93. The van der Waals surface area contributed by atoms with Crippen LogP contribution in [0.25, 0.3) is 0 Å². The summed E-state index contributed by atoms with van der Waals surface area (Å²) in [6.07, 6.45) is 5.93. The van der Waals surface area contributed by atoms with Crippen LogP contribution in [-0.4, -0.2) is 19.0 Å². The predicted molar refractivity (Wildman–Crippen MR) is 55.6 cm³/mol. The Morgan fingerprint density at radius 2 is 2.21 bits per heavy atom. The van der Waals surface area contributed by atoms with Crippen molar-refractivity contribution in [3.05, 3.63) is 0 Å². The average molecular weight is 196 g/mol. The number of hydrogen-bond donors (Lipinski definition) is 2. The molecule has 80 valence electrons. The zero-order valence-electron chi connectivity index (χ0n) is 8.67. The quantitative estimate of drug-likeness (QED) is 0.701. The van der Waals surface area contributed by atoms with E-state index in [0.717, 1.165) is 31.8 Å². The third kappa shape index (κ3) is 1.92. The Kier molecular flexibility index (Phi) is 3.06. The second kappa shape index (κ2) is 4.30. The summed E-state index contributed by atoms with van der Waals surface area (Å²) in [5.74, 6) is 2.36. The van der Waals surface area contributed by atoms with Crippen molar-refractivity contribution >= 4 is 5.91 Å². The summed E-state index contributed by atoms with van der Waals surface area (Å²) in [6, 6.07) is 0. The fourth-order valence-corrected chi connectivity index (χ4v) is 2.85. The molecule has 2 fully saturated rings. The molecule has 2 atom stereocenters. The lowest BCUT2D eigenvalue weighted by Crippen LogP contribution is -2.31. The minimum atomic E-state index is 0.233. The Hall–Kier alpha value is -0.570. The van der Waals surface area contributed by atoms with Crippen molar-refractivity contribution in [1.29, 1.82) is 0 Å². The van der Waals surface area contributed by atoms with Crippen LogP contribution < -0.4 is 11.1 Å². The summed E-state index contributed by atoms with van der Waals surface area (Å²) >= 11 is 0. The Labute approximate surface area is 85.4 Å². The highest BCUT2D eigenvalue weighted by atomic mass is 16.1. The van der Waals surface area contributed by atoms with Crippen LogP contribution in [0.3, 0.4) is 0 Å². The third-order valence-corrected chi connectivity index (χ3v) is 3.87. The molecule has 14 heavy (non-hydrogen) atoms. The standard InChI is InChI=1S/C11H20N2O/c12-5-4-10(8-2-1-3-8)9-6-11(14)13-7-9/h8-10H,1-7,12H2,(H,13,14). The van der Waals surface area contributed by atoms with E-state index >= 15 is 0 Å². The molecule has 1 saturated carbocycles. The molecule has 2 aliphatic rings. The molecule has 2 rings (SSSR count). The predicted octanol–water partition coefficient (Wildman–Crippen LogP) is 0.888. The molecule has 0 spiro atoms. The largest absolute Gasteiger partial charge is 0.356 e. The zero-order valence-corrected chi connectivity index (χ0v) is 8.67. The van der Waals surface area contributed by atoms with Crippen molar-refractivity contribution in [2.45, 2.75) is 32.1 Å². The Morgan fingerprint density at radius 3 is 2.64 bits per heavy atom. The SMILES string of the molecule is NCCC(C1CCC1)C1CNC(=O)C1. The molecular weight excluding hydrogens is 176 g/mol. The fourth-order valence-electron chi connectivity index (χ4n) is 2.85. The number of nitrogens with one attached hydrogen (secondary N) is 1. The first-order chi connectivity index (χ1) is 6.81. The van der Waals surface area contributed by atoms with E-state index in [1.165, 1.54) is 19.3 Å². The van der Waals surface area contributed by atoms with Gasteiger partial charge in [-0.3, -0.25) is 4.79 Å². The van der Waals surface area contributed by atoms with Gasteiger partial charge in [0.1, 0.15) is 0 Å². The number of amides is 1. The molecule has 3 nitrogen and oxygen atoms in total. The second-order valence-corrected chi connectivity index (χ2v) is 4.70. The van der Waals surface area contributed by atoms with Gasteiger partial charge in [-0.2, -0.15) is 0 Å². The van der Waals surface area contributed by atoms with Gasteiger partial charge in [-0.15, -0.1) is 0 Å². The molecule has 1 heterocycles. The Bertz CT molecular complexity index is 213. The first-order valence-corrected chi connectivity index (χ1v) is 5.78. The summed E-state index contributed by atoms with van der Waals surface area (Å²) in [5.41, 5.74) is 5.64. The molecule has 3 N–H and O–H groups in total. The molecule has 3 heteroatoms. The normalized spacial score (nSPS) is 29.8. The summed E-state index contributed by atoms with van der Waals surface area (Å²) in [6.45, 7) is 1.66. The van der Waals surface area contributed by atoms with E-state index in [4.69, 9.17) is 5.73 Å². The average Bonchev–Trinajstić information content (AvgIpc) is 2.48. The molecule has 1 aliphatic heterocycles. The minimum Gasteiger partial charge on any atom is -0.356 e. The Balaban J connectivity index is 1.91. The highest BCUT2D eigenvalue weighted by molar-refractivity contribution is 5.78. The molecule has 0 aromatic rings. The topological polar surface area (TPSA) is 55.1 Å². The van der Waals surface area contributed by atoms with E-state index in [9.17, 15) is 4.79 Å². The molecule has 0 radical (unpaired) electrons. The highest BCUT2D eigenvalue weighted by Crippen LogP contribution is 2.40. The number of hydrogen-bond acceptors (Lipinski definition) is 2. The van der Waals surface area contributed by atoms with Crippen LogP contribution in [0, 0.1) is 17.8 Å². The van der Waals surface area contributed by atoms with E-state index in [0.29, 0.717) is 11.8 Å². The van der Waals surface area contributed by atoms with Crippen LogP contribution in [-0.2, 0) is 4.79 Å². The highest BCUT2D eigenvalue weighted by Gasteiger charge is 2.36. The number of rotatable bonds is 4. The van der Waals surface area contributed by atoms with Gasteiger partial charge in [0.15, 0.2) is 0 Å².